The van der Waals surface area contributed by atoms with Gasteiger partial charge < -0.3 is 14.8 Å². The van der Waals surface area contributed by atoms with Gasteiger partial charge in [-0.15, -0.1) is 0 Å². The fourth-order valence-corrected chi connectivity index (χ4v) is 3.99. The number of fused-ring (bicyclic) bond motifs is 1. The summed E-state index contributed by atoms with van der Waals surface area (Å²) in [5.41, 5.74) is 0.0770. The zero-order chi connectivity index (χ0) is 19.4. The van der Waals surface area contributed by atoms with Crippen LogP contribution in [0.15, 0.2) is 36.4 Å². The molecule has 1 N–H and O–H groups in total. The molecule has 1 aliphatic carbocycles. The molecule has 0 spiro atoms. The van der Waals surface area contributed by atoms with Crippen LogP contribution in [-0.2, 0) is 9.53 Å². The first kappa shape index (κ1) is 19.7. The molecule has 0 saturated heterocycles. The maximum absolute atomic E-state index is 13.1. The molecule has 0 unspecified atom stereocenters. The second-order valence-corrected chi connectivity index (χ2v) is 8.22. The van der Waals surface area contributed by atoms with Gasteiger partial charge in [-0.05, 0) is 43.2 Å². The van der Waals surface area contributed by atoms with Crippen LogP contribution in [0.1, 0.15) is 46.5 Å². The number of amides is 1. The number of hydrogen-bond acceptors (Lipinski definition) is 3. The predicted molar refractivity (Wildman–Crippen MR) is 110 cm³/mol. The number of carbonyl (C=O) groups is 1. The number of ether oxygens (including phenoxy) is 2. The van der Waals surface area contributed by atoms with Crippen LogP contribution in [0.25, 0.3) is 10.8 Å². The summed E-state index contributed by atoms with van der Waals surface area (Å²) in [7, 11) is 1.65. The van der Waals surface area contributed by atoms with Crippen LogP contribution in [0.3, 0.4) is 0 Å². The Bertz CT molecular complexity index is 801. The van der Waals surface area contributed by atoms with E-state index < -0.39 is 5.60 Å². The first-order valence-corrected chi connectivity index (χ1v) is 9.96. The Kier molecular flexibility index (Phi) is 6.05. The molecular weight excluding hydrogens is 338 g/mol. The lowest BCUT2D eigenvalue weighted by atomic mass is 9.78. The minimum Gasteiger partial charge on any atom is -0.493 e. The van der Waals surface area contributed by atoms with E-state index in [1.165, 1.54) is 0 Å². The van der Waals surface area contributed by atoms with E-state index in [9.17, 15) is 4.79 Å². The van der Waals surface area contributed by atoms with Gasteiger partial charge in [0.15, 0.2) is 0 Å². The van der Waals surface area contributed by atoms with E-state index >= 15 is 0 Å². The van der Waals surface area contributed by atoms with Crippen molar-refractivity contribution in [3.05, 3.63) is 36.4 Å². The van der Waals surface area contributed by atoms with Crippen LogP contribution in [0.5, 0.6) is 5.75 Å². The molecular formula is C23H31NO3. The van der Waals surface area contributed by atoms with Crippen molar-refractivity contribution in [2.45, 2.75) is 52.1 Å². The van der Waals surface area contributed by atoms with Gasteiger partial charge in [-0.25, -0.2) is 0 Å². The number of nitrogens with one attached hydrogen (secondary N) is 1. The zero-order valence-electron chi connectivity index (χ0n) is 16.9. The van der Waals surface area contributed by atoms with Gasteiger partial charge in [-0.1, -0.05) is 51.5 Å². The van der Waals surface area contributed by atoms with E-state index in [0.29, 0.717) is 18.4 Å². The summed E-state index contributed by atoms with van der Waals surface area (Å²) in [6.45, 7) is 7.12. The van der Waals surface area contributed by atoms with E-state index in [4.69, 9.17) is 9.47 Å². The first-order valence-electron chi connectivity index (χ1n) is 9.96. The van der Waals surface area contributed by atoms with Gasteiger partial charge in [0.1, 0.15) is 11.4 Å². The molecule has 27 heavy (non-hydrogen) atoms. The lowest BCUT2D eigenvalue weighted by Gasteiger charge is -2.37. The van der Waals surface area contributed by atoms with Crippen molar-refractivity contribution < 1.29 is 14.3 Å². The summed E-state index contributed by atoms with van der Waals surface area (Å²) in [5.74, 6) is 1.76. The fourth-order valence-electron chi connectivity index (χ4n) is 3.99. The van der Waals surface area contributed by atoms with Crippen LogP contribution >= 0.6 is 0 Å². The fraction of sp³-hybridized carbons (Fsp3) is 0.522. The number of benzene rings is 2. The van der Waals surface area contributed by atoms with Gasteiger partial charge in [-0.3, -0.25) is 4.79 Å². The Morgan fingerprint density at radius 2 is 1.96 bits per heavy atom. The zero-order valence-corrected chi connectivity index (χ0v) is 16.9. The van der Waals surface area contributed by atoms with Crippen molar-refractivity contribution in [1.82, 2.24) is 0 Å². The van der Waals surface area contributed by atoms with Crippen molar-refractivity contribution in [3.63, 3.8) is 0 Å². The second-order valence-electron chi connectivity index (χ2n) is 8.22. The molecule has 0 heterocycles. The molecule has 0 bridgehead atoms. The minimum atomic E-state index is -0.731. The van der Waals surface area contributed by atoms with Crippen LogP contribution in [0.4, 0.5) is 5.69 Å². The van der Waals surface area contributed by atoms with Gasteiger partial charge in [0, 0.05) is 23.6 Å². The number of hydrogen-bond donors (Lipinski definition) is 1. The lowest BCUT2D eigenvalue weighted by Crippen LogP contribution is -2.47. The molecule has 1 fully saturated rings. The topological polar surface area (TPSA) is 47.6 Å². The Morgan fingerprint density at radius 1 is 1.22 bits per heavy atom. The average Bonchev–Trinajstić information content (AvgIpc) is 2.67. The van der Waals surface area contributed by atoms with Crippen LogP contribution in [0, 0.1) is 11.8 Å². The van der Waals surface area contributed by atoms with Crippen molar-refractivity contribution in [1.29, 1.82) is 0 Å². The number of anilines is 1. The molecule has 4 heteroatoms. The molecule has 2 aromatic carbocycles. The van der Waals surface area contributed by atoms with Crippen LogP contribution < -0.4 is 10.1 Å². The third kappa shape index (κ3) is 4.27. The van der Waals surface area contributed by atoms with Crippen molar-refractivity contribution >= 4 is 22.4 Å². The molecule has 4 nitrogen and oxygen atoms in total. The Hall–Kier alpha value is -2.07. The van der Waals surface area contributed by atoms with Gasteiger partial charge in [0.05, 0.1) is 6.61 Å². The molecule has 2 aromatic rings. The maximum atomic E-state index is 13.1. The van der Waals surface area contributed by atoms with Crippen LogP contribution in [0.2, 0.25) is 0 Å². The highest BCUT2D eigenvalue weighted by Crippen LogP contribution is 2.37. The summed E-state index contributed by atoms with van der Waals surface area (Å²) in [4.78, 5) is 13.1. The highest BCUT2D eigenvalue weighted by Gasteiger charge is 2.42. The highest BCUT2D eigenvalue weighted by atomic mass is 16.5. The SMILES string of the molecule is CO[C@@]1(C(=O)Nc2ccc(OCC(C)C)c3ccccc23)CCC[C@@H](C)C1. The summed E-state index contributed by atoms with van der Waals surface area (Å²) in [5, 5.41) is 5.14. The van der Waals surface area contributed by atoms with E-state index in [-0.39, 0.29) is 5.91 Å². The Balaban J connectivity index is 1.88. The highest BCUT2D eigenvalue weighted by molar-refractivity contribution is 6.06. The largest absolute Gasteiger partial charge is 0.493 e. The number of methoxy groups -OCH3 is 1. The summed E-state index contributed by atoms with van der Waals surface area (Å²) < 4.78 is 11.7. The minimum absolute atomic E-state index is 0.0439. The van der Waals surface area contributed by atoms with E-state index in [1.54, 1.807) is 7.11 Å². The third-order valence-corrected chi connectivity index (χ3v) is 5.46. The molecule has 1 amide bonds. The standard InChI is InChI=1S/C23H31NO3/c1-16(2)15-27-21-12-11-20(18-9-5-6-10-19(18)21)24-22(25)23(26-4)13-7-8-17(3)14-23/h5-6,9-12,16-17H,7-8,13-15H2,1-4H3,(H,24,25)/t17-,23+/m1/s1. The van der Waals surface area contributed by atoms with Gasteiger partial charge in [0.2, 0.25) is 0 Å². The number of rotatable bonds is 6. The van der Waals surface area contributed by atoms with Crippen LogP contribution in [-0.4, -0.2) is 25.2 Å². The molecule has 0 radical (unpaired) electrons. The summed E-state index contributed by atoms with van der Waals surface area (Å²) in [6.07, 6.45) is 3.71. The van der Waals surface area contributed by atoms with Gasteiger partial charge in [0.25, 0.3) is 5.91 Å². The number of carbonyl (C=O) groups excluding carboxylic acids is 1. The summed E-state index contributed by atoms with van der Waals surface area (Å²) in [6, 6.07) is 11.9. The van der Waals surface area contributed by atoms with Crippen molar-refractivity contribution in [3.8, 4) is 5.75 Å². The maximum Gasteiger partial charge on any atom is 0.256 e. The van der Waals surface area contributed by atoms with Crippen molar-refractivity contribution in [2.24, 2.45) is 11.8 Å². The average molecular weight is 370 g/mol. The van der Waals surface area contributed by atoms with Gasteiger partial charge >= 0.3 is 0 Å². The van der Waals surface area contributed by atoms with Crippen molar-refractivity contribution in [2.75, 3.05) is 19.0 Å². The molecule has 0 aliphatic heterocycles. The smallest absolute Gasteiger partial charge is 0.256 e. The van der Waals surface area contributed by atoms with E-state index in [2.05, 4.69) is 26.1 Å². The monoisotopic (exact) mass is 369 g/mol. The first-order chi connectivity index (χ1) is 12.9. The molecule has 1 saturated carbocycles. The Morgan fingerprint density at radius 3 is 2.63 bits per heavy atom. The molecule has 146 valence electrons. The molecule has 2 atom stereocenters. The second kappa shape index (κ2) is 8.30. The quantitative estimate of drug-likeness (QED) is 0.741. The molecule has 3 rings (SSSR count). The van der Waals surface area contributed by atoms with Gasteiger partial charge in [-0.2, -0.15) is 0 Å². The van der Waals surface area contributed by atoms with E-state index in [0.717, 1.165) is 47.9 Å². The van der Waals surface area contributed by atoms with E-state index in [1.807, 2.05) is 36.4 Å². The third-order valence-electron chi connectivity index (χ3n) is 5.46. The molecule has 0 aromatic heterocycles. The molecule has 1 aliphatic rings. The Labute approximate surface area is 162 Å². The predicted octanol–water partition coefficient (Wildman–Crippen LogP) is 5.41. The summed E-state index contributed by atoms with van der Waals surface area (Å²) >= 11 is 0. The lowest BCUT2D eigenvalue weighted by molar-refractivity contribution is -0.143. The normalized spacial score (nSPS) is 22.8.